The van der Waals surface area contributed by atoms with Crippen molar-refractivity contribution in [2.75, 3.05) is 18.8 Å². The molecule has 4 N–H and O–H groups in total. The number of nitrogens with one attached hydrogen (secondary N) is 3. The van der Waals surface area contributed by atoms with E-state index in [1.165, 1.54) is 23.6 Å². The number of thiazole rings is 1. The molecule has 18 heteroatoms. The van der Waals surface area contributed by atoms with Crippen LogP contribution in [-0.2, 0) is 25.7 Å². The molecule has 14 nitrogen and oxygen atoms in total. The minimum atomic E-state index is -0.959. The number of halogens is 1. The van der Waals surface area contributed by atoms with Gasteiger partial charge in [0.1, 0.15) is 29.0 Å². The summed E-state index contributed by atoms with van der Waals surface area (Å²) in [5, 5.41) is 30.0. The van der Waals surface area contributed by atoms with Crippen LogP contribution in [0.2, 0.25) is 5.02 Å². The molecule has 3 aromatic heterocycles. The zero-order valence-corrected chi connectivity index (χ0v) is 40.2. The minimum absolute atomic E-state index is 0.0167. The van der Waals surface area contributed by atoms with E-state index in [0.717, 1.165) is 66.2 Å². The Labute approximate surface area is 390 Å². The molecule has 7 rings (SSSR count). The number of rotatable bonds is 16. The van der Waals surface area contributed by atoms with E-state index >= 15 is 0 Å². The van der Waals surface area contributed by atoms with Crippen molar-refractivity contribution in [3.05, 3.63) is 104 Å². The third-order valence-corrected chi connectivity index (χ3v) is 15.6. The molecule has 5 heterocycles. The van der Waals surface area contributed by atoms with Crippen LogP contribution in [0.1, 0.15) is 97.0 Å². The molecule has 0 unspecified atom stereocenters. The number of unbranched alkanes of at least 4 members (excludes halogenated alkanes) is 1. The first-order valence-electron chi connectivity index (χ1n) is 21.3. The molecule has 0 radical (unpaired) electrons. The number of aliphatic imine (C=N–C) groups is 1. The third-order valence-electron chi connectivity index (χ3n) is 11.7. The molecule has 1 saturated heterocycles. The maximum atomic E-state index is 14.2. The van der Waals surface area contributed by atoms with Crippen LogP contribution >= 0.6 is 46.0 Å². The smallest absolute Gasteiger partial charge is 0.247 e. The van der Waals surface area contributed by atoms with Crippen LogP contribution in [-0.4, -0.2) is 101 Å². The Hall–Kier alpha value is -4.94. The molecule has 4 atom stereocenters. The second-order valence-electron chi connectivity index (χ2n) is 16.8. The second-order valence-corrected chi connectivity index (χ2v) is 21.1. The van der Waals surface area contributed by atoms with Crippen LogP contribution in [0.15, 0.2) is 59.0 Å². The fourth-order valence-corrected chi connectivity index (χ4v) is 11.5. The van der Waals surface area contributed by atoms with Crippen LogP contribution < -0.4 is 16.0 Å². The number of aromatic nitrogens is 4. The average Bonchev–Trinajstić information content (AvgIpc) is 4.02. The van der Waals surface area contributed by atoms with Gasteiger partial charge in [0.15, 0.2) is 5.82 Å². The highest BCUT2D eigenvalue weighted by Crippen LogP contribution is 2.40. The number of carbonyl (C=O) groups excluding carboxylic acids is 4. The van der Waals surface area contributed by atoms with E-state index < -0.39 is 34.9 Å². The standard InChI is InChI=1S/C46H54ClN9O5S3/c1-25-27(3)64-45-38(25)39(31-14-16-33(47)17-15-31)52-35(42-54-53-28(4)56(42)45)21-37(59)48-18-8-9-19-63-46(6,7)41(51-29(5)57)44(61)55-23-34(58)20-36(55)43(60)49-22-30-10-12-32(13-11-30)40-26(2)50-24-62-40/h10-17,24,34-36,41,58H,8-9,18-23H2,1-7H3,(H,48,59)(H,49,60)(H,51,57)/t34-,35+,36+,41-/m1/s1. The van der Waals surface area contributed by atoms with Crippen molar-refractivity contribution in [3.63, 3.8) is 0 Å². The van der Waals surface area contributed by atoms with Gasteiger partial charge in [-0.1, -0.05) is 48.0 Å². The van der Waals surface area contributed by atoms with Gasteiger partial charge in [-0.3, -0.25) is 28.7 Å². The van der Waals surface area contributed by atoms with Crippen LogP contribution in [0.4, 0.5) is 0 Å². The van der Waals surface area contributed by atoms with Crippen molar-refractivity contribution in [3.8, 4) is 15.4 Å². The van der Waals surface area contributed by atoms with Crippen LogP contribution in [0.5, 0.6) is 0 Å². The van der Waals surface area contributed by atoms with Gasteiger partial charge >= 0.3 is 0 Å². The van der Waals surface area contributed by atoms with Crippen molar-refractivity contribution < 1.29 is 24.3 Å². The summed E-state index contributed by atoms with van der Waals surface area (Å²) in [5.74, 6) is 0.644. The van der Waals surface area contributed by atoms with Crippen LogP contribution in [0, 0.1) is 27.7 Å². The number of hydrogen-bond donors (Lipinski definition) is 4. The number of nitrogens with zero attached hydrogens (tertiary/aromatic N) is 6. The summed E-state index contributed by atoms with van der Waals surface area (Å²) in [4.78, 5) is 67.0. The van der Waals surface area contributed by atoms with E-state index in [0.29, 0.717) is 29.6 Å². The number of thiophene rings is 1. The molecule has 0 bridgehead atoms. The number of benzene rings is 2. The highest BCUT2D eigenvalue weighted by molar-refractivity contribution is 8.00. The summed E-state index contributed by atoms with van der Waals surface area (Å²) >= 11 is 11.0. The number of aliphatic hydroxyl groups excluding tert-OH is 1. The lowest BCUT2D eigenvalue weighted by atomic mass is 9.99. The van der Waals surface area contributed by atoms with Gasteiger partial charge in [-0.2, -0.15) is 11.8 Å². The lowest BCUT2D eigenvalue weighted by Gasteiger charge is -2.37. The molecule has 5 aromatic rings. The Morgan fingerprint density at radius 3 is 2.39 bits per heavy atom. The molecule has 338 valence electrons. The summed E-state index contributed by atoms with van der Waals surface area (Å²) < 4.78 is 1.25. The summed E-state index contributed by atoms with van der Waals surface area (Å²) in [6.07, 6.45) is 0.697. The third kappa shape index (κ3) is 10.4. The van der Waals surface area contributed by atoms with Gasteiger partial charge in [-0.15, -0.1) is 32.9 Å². The average molecular weight is 945 g/mol. The number of fused-ring (bicyclic) bond motifs is 3. The molecule has 0 spiro atoms. The van der Waals surface area contributed by atoms with E-state index in [4.69, 9.17) is 16.6 Å². The quantitative estimate of drug-likeness (QED) is 0.0772. The van der Waals surface area contributed by atoms with Gasteiger partial charge in [0.05, 0.1) is 34.3 Å². The highest BCUT2D eigenvalue weighted by Gasteiger charge is 2.46. The SMILES string of the molecule is CC(=O)N[C@H](C(=O)N1C[C@H](O)C[C@H]1C(=O)NCc1ccc(-c2scnc2C)cc1)C(C)(C)SCCCCNC(=O)C[C@@H]1N=C(c2ccc(Cl)cc2)c2c(sc(C)c2C)-n2c(C)nnc21. The number of thioether (sulfide) groups is 1. The fourth-order valence-electron chi connectivity index (χ4n) is 8.12. The Morgan fingerprint density at radius 2 is 1.70 bits per heavy atom. The summed E-state index contributed by atoms with van der Waals surface area (Å²) in [6.45, 7) is 13.9. The van der Waals surface area contributed by atoms with E-state index in [1.54, 1.807) is 22.7 Å². The van der Waals surface area contributed by atoms with Gasteiger partial charge in [-0.25, -0.2) is 4.98 Å². The van der Waals surface area contributed by atoms with Crippen LogP contribution in [0.3, 0.4) is 0 Å². The number of aliphatic hydroxyl groups is 1. The number of β-amino-alcohol motifs (C(OH)–C–C–N with tert-alkyl or cyclic N) is 1. The molecule has 2 aliphatic rings. The van der Waals surface area contributed by atoms with Crippen molar-refractivity contribution >= 4 is 75.4 Å². The molecule has 2 aromatic carbocycles. The van der Waals surface area contributed by atoms with E-state index in [2.05, 4.69) is 45.0 Å². The van der Waals surface area contributed by atoms with Gasteiger partial charge in [0, 0.05) is 58.8 Å². The zero-order chi connectivity index (χ0) is 45.9. The topological polar surface area (TPSA) is 184 Å². The molecule has 2 aliphatic heterocycles. The number of amides is 4. The Morgan fingerprint density at radius 1 is 0.984 bits per heavy atom. The van der Waals surface area contributed by atoms with Gasteiger partial charge < -0.3 is 26.0 Å². The molecule has 64 heavy (non-hydrogen) atoms. The lowest BCUT2D eigenvalue weighted by Crippen LogP contribution is -2.59. The molecule has 0 saturated carbocycles. The van der Waals surface area contributed by atoms with Crippen molar-refractivity contribution in [2.24, 2.45) is 4.99 Å². The highest BCUT2D eigenvalue weighted by atomic mass is 35.5. The van der Waals surface area contributed by atoms with Crippen LogP contribution in [0.25, 0.3) is 15.4 Å². The number of carbonyl (C=O) groups is 4. The molecular formula is C46H54ClN9O5S3. The van der Waals surface area contributed by atoms with E-state index in [-0.39, 0.29) is 43.7 Å². The normalized spacial score (nSPS) is 17.5. The van der Waals surface area contributed by atoms with Crippen molar-refractivity contribution in [2.45, 2.75) is 110 Å². The fraction of sp³-hybridized carbons (Fsp3) is 0.435. The minimum Gasteiger partial charge on any atom is -0.391 e. The molecule has 1 fully saturated rings. The summed E-state index contributed by atoms with van der Waals surface area (Å²) in [6, 6.07) is 13.0. The zero-order valence-electron chi connectivity index (χ0n) is 37.0. The first kappa shape index (κ1) is 47.0. The maximum Gasteiger partial charge on any atom is 0.247 e. The predicted molar refractivity (Wildman–Crippen MR) is 255 cm³/mol. The van der Waals surface area contributed by atoms with Gasteiger partial charge in [0.25, 0.3) is 0 Å². The van der Waals surface area contributed by atoms with E-state index in [1.807, 2.05) is 86.3 Å². The Balaban J connectivity index is 0.932. The maximum absolute atomic E-state index is 14.2. The molecular weight excluding hydrogens is 890 g/mol. The molecule has 0 aliphatic carbocycles. The monoisotopic (exact) mass is 943 g/mol. The summed E-state index contributed by atoms with van der Waals surface area (Å²) in [5.41, 5.74) is 8.52. The lowest BCUT2D eigenvalue weighted by molar-refractivity contribution is -0.142. The predicted octanol–water partition coefficient (Wildman–Crippen LogP) is 6.81. The molecule has 4 amide bonds. The number of likely N-dealkylation sites (tertiary alicyclic amines) is 1. The second kappa shape index (κ2) is 20.1. The van der Waals surface area contributed by atoms with E-state index in [9.17, 15) is 24.3 Å². The van der Waals surface area contributed by atoms with Crippen molar-refractivity contribution in [1.29, 1.82) is 0 Å². The van der Waals surface area contributed by atoms with Gasteiger partial charge in [-0.05, 0) is 89.0 Å². The number of aryl methyl sites for hydroxylation is 3. The van der Waals surface area contributed by atoms with Gasteiger partial charge in [0.2, 0.25) is 23.6 Å². The largest absolute Gasteiger partial charge is 0.391 e. The van der Waals surface area contributed by atoms with Crippen molar-refractivity contribution in [1.82, 2.24) is 40.6 Å². The number of hydrogen-bond acceptors (Lipinski definition) is 12. The first-order chi connectivity index (χ1) is 30.5. The Kier molecular flexibility index (Phi) is 14.7. The first-order valence-corrected chi connectivity index (χ1v) is 24.4. The summed E-state index contributed by atoms with van der Waals surface area (Å²) in [7, 11) is 0. The Bertz CT molecular complexity index is 2550.